The molecule has 9 amide bonds. The van der Waals surface area contributed by atoms with Crippen LogP contribution in [0.25, 0.3) is 0 Å². The van der Waals surface area contributed by atoms with E-state index in [1.54, 1.807) is 6.92 Å². The van der Waals surface area contributed by atoms with Gasteiger partial charge in [0.2, 0.25) is 17.7 Å². The molecule has 14 nitrogen and oxygen atoms in total. The first-order chi connectivity index (χ1) is 14.3. The fraction of sp³-hybridized carbons (Fsp3) is 0.562. The second-order valence-electron chi connectivity index (χ2n) is 6.30. The van der Waals surface area contributed by atoms with Crippen LogP contribution in [0.5, 0.6) is 0 Å². The molecular formula is C16H24N8O6. The topological polar surface area (TPSA) is 188 Å². The number of urea groups is 4. The molecule has 0 fully saturated rings. The van der Waals surface area contributed by atoms with E-state index in [0.29, 0.717) is 19.4 Å². The first-order valence-corrected chi connectivity index (χ1v) is 9.40. The van der Waals surface area contributed by atoms with Crippen LogP contribution in [0.2, 0.25) is 0 Å². The summed E-state index contributed by atoms with van der Waals surface area (Å²) in [6.07, 6.45) is 1.84. The zero-order valence-electron chi connectivity index (χ0n) is 16.6. The van der Waals surface area contributed by atoms with Crippen molar-refractivity contribution in [1.29, 1.82) is 0 Å². The summed E-state index contributed by atoms with van der Waals surface area (Å²) in [6, 6.07) is -4.33. The van der Waals surface area contributed by atoms with Gasteiger partial charge in [-0.25, -0.2) is 19.2 Å². The van der Waals surface area contributed by atoms with Gasteiger partial charge < -0.3 is 20.0 Å². The van der Waals surface area contributed by atoms with E-state index in [0.717, 1.165) is 6.42 Å². The average Bonchev–Trinajstić information content (AvgIpc) is 3.15. The van der Waals surface area contributed by atoms with Crippen LogP contribution in [0.15, 0.2) is 4.42 Å². The number of carbonyl (C=O) groups is 5. The maximum absolute atomic E-state index is 12.7. The van der Waals surface area contributed by atoms with Crippen molar-refractivity contribution in [2.24, 2.45) is 0 Å². The Balaban J connectivity index is 2.28. The maximum atomic E-state index is 12.7. The van der Waals surface area contributed by atoms with E-state index in [2.05, 4.69) is 26.1 Å². The van der Waals surface area contributed by atoms with Crippen LogP contribution >= 0.6 is 0 Å². The van der Waals surface area contributed by atoms with Crippen molar-refractivity contribution in [3.8, 4) is 0 Å². The lowest BCUT2D eigenvalue weighted by molar-refractivity contribution is -0.119. The molecule has 1 aromatic heterocycles. The van der Waals surface area contributed by atoms with Gasteiger partial charge in [0.05, 0.1) is 13.1 Å². The van der Waals surface area contributed by atoms with Gasteiger partial charge in [0.25, 0.3) is 0 Å². The van der Waals surface area contributed by atoms with Crippen molar-refractivity contribution >= 4 is 30.0 Å². The minimum absolute atomic E-state index is 0.0669. The number of hydrogen-bond donors (Lipinski definition) is 5. The number of hydrogen-bond acceptors (Lipinski definition) is 8. The maximum Gasteiger partial charge on any atom is 0.330 e. The SMILES string of the molecule is CCCCN1C(=O)NC(=O)NC(=O)NCC(=O)NC(=O)NCc2nnc(o2)C1CC. The molecule has 1 aromatic rings. The van der Waals surface area contributed by atoms with Crippen LogP contribution in [0.3, 0.4) is 0 Å². The Kier molecular flexibility index (Phi) is 8.08. The second-order valence-corrected chi connectivity index (χ2v) is 6.30. The number of rotatable bonds is 4. The Morgan fingerprint density at radius 1 is 0.933 bits per heavy atom. The van der Waals surface area contributed by atoms with Crippen LogP contribution in [0.1, 0.15) is 50.9 Å². The summed E-state index contributed by atoms with van der Waals surface area (Å²) in [4.78, 5) is 61.1. The van der Waals surface area contributed by atoms with Crippen molar-refractivity contribution < 1.29 is 28.4 Å². The first kappa shape index (κ1) is 22.6. The van der Waals surface area contributed by atoms with Crippen LogP contribution in [0.4, 0.5) is 19.2 Å². The van der Waals surface area contributed by atoms with Gasteiger partial charge in [-0.2, -0.15) is 0 Å². The van der Waals surface area contributed by atoms with Gasteiger partial charge in [0.1, 0.15) is 6.04 Å². The van der Waals surface area contributed by atoms with Crippen molar-refractivity contribution in [3.05, 3.63) is 11.8 Å². The lowest BCUT2D eigenvalue weighted by atomic mass is 10.1. The molecule has 0 radical (unpaired) electrons. The predicted molar refractivity (Wildman–Crippen MR) is 99.8 cm³/mol. The number of imide groups is 3. The summed E-state index contributed by atoms with van der Waals surface area (Å²) in [5.41, 5.74) is 0. The van der Waals surface area contributed by atoms with E-state index in [1.165, 1.54) is 4.90 Å². The monoisotopic (exact) mass is 424 g/mol. The van der Waals surface area contributed by atoms with Crippen molar-refractivity contribution in [3.63, 3.8) is 0 Å². The summed E-state index contributed by atoms with van der Waals surface area (Å²) >= 11 is 0. The van der Waals surface area contributed by atoms with Gasteiger partial charge in [0.15, 0.2) is 0 Å². The quantitative estimate of drug-likeness (QED) is 0.449. The standard InChI is InChI=1S/C16H24N8O6/c1-3-5-6-24-9(4-2)12-23-22-11(30-12)8-18-13(26)19-10(25)7-17-14(27)20-15(28)21-16(24)29/h9H,3-8H2,1-2H3,(H2,18,19,25,26)(H3,17,20,21,27,28,29). The minimum atomic E-state index is -1.08. The number of amides is 9. The van der Waals surface area contributed by atoms with E-state index >= 15 is 0 Å². The van der Waals surface area contributed by atoms with Crippen molar-refractivity contribution in [2.75, 3.05) is 13.1 Å². The van der Waals surface area contributed by atoms with Crippen molar-refractivity contribution in [2.45, 2.75) is 45.7 Å². The third-order valence-corrected chi connectivity index (χ3v) is 4.05. The predicted octanol–water partition coefficient (Wildman–Crippen LogP) is 0.0910. The van der Waals surface area contributed by atoms with Crippen LogP contribution in [-0.2, 0) is 11.3 Å². The van der Waals surface area contributed by atoms with Gasteiger partial charge in [0, 0.05) is 6.54 Å². The molecule has 5 N–H and O–H groups in total. The molecule has 0 saturated heterocycles. The summed E-state index contributed by atoms with van der Waals surface area (Å²) in [7, 11) is 0. The highest BCUT2D eigenvalue weighted by Crippen LogP contribution is 2.24. The molecule has 0 aliphatic carbocycles. The van der Waals surface area contributed by atoms with Gasteiger partial charge >= 0.3 is 24.1 Å². The Morgan fingerprint density at radius 3 is 2.33 bits per heavy atom. The van der Waals surface area contributed by atoms with Crippen LogP contribution < -0.4 is 26.6 Å². The van der Waals surface area contributed by atoms with E-state index < -0.39 is 42.6 Å². The normalized spacial score (nSPS) is 19.2. The van der Waals surface area contributed by atoms with Crippen LogP contribution in [-0.4, -0.2) is 58.2 Å². The molecule has 1 aliphatic rings. The van der Waals surface area contributed by atoms with Crippen LogP contribution in [0, 0.1) is 0 Å². The third-order valence-electron chi connectivity index (χ3n) is 4.05. The molecule has 1 unspecified atom stereocenters. The number of unbranched alkanes of at least 4 members (excludes halogenated alkanes) is 1. The number of carbonyl (C=O) groups excluding carboxylic acids is 5. The summed E-state index contributed by atoms with van der Waals surface area (Å²) in [6.45, 7) is 3.31. The van der Waals surface area contributed by atoms with Gasteiger partial charge in [-0.1, -0.05) is 20.3 Å². The minimum Gasteiger partial charge on any atom is -0.421 e. The molecule has 0 aromatic carbocycles. The summed E-state index contributed by atoms with van der Waals surface area (Å²) in [5.74, 6) is -0.636. The molecule has 0 spiro atoms. The zero-order valence-corrected chi connectivity index (χ0v) is 16.6. The van der Waals surface area contributed by atoms with E-state index in [4.69, 9.17) is 4.42 Å². The fourth-order valence-corrected chi connectivity index (χ4v) is 2.61. The molecule has 2 bridgehead atoms. The molecule has 2 rings (SSSR count). The summed E-state index contributed by atoms with van der Waals surface area (Å²) in [5, 5.41) is 18.1. The largest absolute Gasteiger partial charge is 0.421 e. The Morgan fingerprint density at radius 2 is 1.63 bits per heavy atom. The Bertz CT molecular complexity index is 809. The van der Waals surface area contributed by atoms with Crippen molar-refractivity contribution in [1.82, 2.24) is 41.7 Å². The van der Waals surface area contributed by atoms with E-state index in [1.807, 2.05) is 17.6 Å². The molecule has 164 valence electrons. The fourth-order valence-electron chi connectivity index (χ4n) is 2.61. The highest BCUT2D eigenvalue weighted by molar-refractivity contribution is 6.02. The van der Waals surface area contributed by atoms with E-state index in [-0.39, 0.29) is 18.3 Å². The summed E-state index contributed by atoms with van der Waals surface area (Å²) < 4.78 is 5.55. The average molecular weight is 424 g/mol. The highest BCUT2D eigenvalue weighted by atomic mass is 16.4. The highest BCUT2D eigenvalue weighted by Gasteiger charge is 2.29. The lowest BCUT2D eigenvalue weighted by Gasteiger charge is -2.28. The number of nitrogens with zero attached hydrogens (tertiary/aromatic N) is 3. The molecule has 1 atom stereocenters. The number of fused-ring (bicyclic) bond motifs is 2. The van der Waals surface area contributed by atoms with Gasteiger partial charge in [-0.15, -0.1) is 10.2 Å². The first-order valence-electron chi connectivity index (χ1n) is 9.40. The lowest BCUT2D eigenvalue weighted by Crippen LogP contribution is -2.52. The molecule has 14 heteroatoms. The number of aromatic nitrogens is 2. The molecular weight excluding hydrogens is 400 g/mol. The van der Waals surface area contributed by atoms with E-state index in [9.17, 15) is 24.0 Å². The smallest absolute Gasteiger partial charge is 0.330 e. The Hall–Kier alpha value is -3.71. The molecule has 0 saturated carbocycles. The Labute approximate surface area is 171 Å². The molecule has 2 heterocycles. The number of nitrogens with one attached hydrogen (secondary N) is 5. The third kappa shape index (κ3) is 6.42. The van der Waals surface area contributed by atoms with Gasteiger partial charge in [-0.3, -0.25) is 20.7 Å². The zero-order chi connectivity index (χ0) is 22.1. The molecule has 1 aliphatic heterocycles. The van der Waals surface area contributed by atoms with Gasteiger partial charge in [-0.05, 0) is 12.8 Å². The molecule has 30 heavy (non-hydrogen) atoms. The second kappa shape index (κ2) is 10.7.